The molecule has 3 N–H and O–H groups in total. The highest BCUT2D eigenvalue weighted by Gasteiger charge is 2.20. The first kappa shape index (κ1) is 13.5. The fourth-order valence-corrected chi connectivity index (χ4v) is 2.02. The summed E-state index contributed by atoms with van der Waals surface area (Å²) in [5, 5.41) is 10.9. The predicted octanol–water partition coefficient (Wildman–Crippen LogP) is 2.99. The molecule has 0 spiro atoms. The van der Waals surface area contributed by atoms with Crippen molar-refractivity contribution in [2.24, 2.45) is 17.6 Å². The summed E-state index contributed by atoms with van der Waals surface area (Å²) in [6, 6.07) is 7.30. The van der Waals surface area contributed by atoms with Gasteiger partial charge in [-0.3, -0.25) is 0 Å². The summed E-state index contributed by atoms with van der Waals surface area (Å²) in [5.74, 6) is 0.650. The first-order valence-corrected chi connectivity index (χ1v) is 6.06. The molecular weight excluding hydrogens is 222 g/mol. The van der Waals surface area contributed by atoms with Gasteiger partial charge in [0.05, 0.1) is 6.10 Å². The van der Waals surface area contributed by atoms with Gasteiger partial charge in [-0.1, -0.05) is 37.6 Å². The molecule has 2 unspecified atom stereocenters. The van der Waals surface area contributed by atoms with Gasteiger partial charge in [0.15, 0.2) is 0 Å². The lowest BCUT2D eigenvalue weighted by Gasteiger charge is -2.23. The molecule has 0 saturated carbocycles. The first-order chi connectivity index (χ1) is 7.54. The Bertz CT molecular complexity index is 310. The van der Waals surface area contributed by atoms with E-state index in [1.54, 1.807) is 12.1 Å². The Morgan fingerprint density at radius 3 is 2.25 bits per heavy atom. The van der Waals surface area contributed by atoms with E-state index < -0.39 is 6.10 Å². The summed E-state index contributed by atoms with van der Waals surface area (Å²) in [6.07, 6.45) is 0.435. The zero-order chi connectivity index (χ0) is 12.1. The number of hydrogen-bond acceptors (Lipinski definition) is 2. The summed E-state index contributed by atoms with van der Waals surface area (Å²) in [7, 11) is 0. The standard InChI is InChI=1S/C13H20ClNO/c1-9(2)7-11(8-15)13(16)10-3-5-12(14)6-4-10/h3-6,9,11,13,16H,7-8,15H2,1-2H3. The predicted molar refractivity (Wildman–Crippen MR) is 68.4 cm³/mol. The van der Waals surface area contributed by atoms with Crippen LogP contribution < -0.4 is 5.73 Å². The maximum Gasteiger partial charge on any atom is 0.0830 e. The van der Waals surface area contributed by atoms with E-state index in [0.717, 1.165) is 12.0 Å². The van der Waals surface area contributed by atoms with Gasteiger partial charge < -0.3 is 10.8 Å². The quantitative estimate of drug-likeness (QED) is 0.833. The molecule has 0 aliphatic rings. The molecule has 16 heavy (non-hydrogen) atoms. The Kier molecular flexibility index (Phi) is 5.26. The van der Waals surface area contributed by atoms with Crippen molar-refractivity contribution in [1.82, 2.24) is 0 Å². The maximum atomic E-state index is 10.2. The van der Waals surface area contributed by atoms with Crippen LogP contribution in [0.5, 0.6) is 0 Å². The average Bonchev–Trinajstić information content (AvgIpc) is 2.25. The van der Waals surface area contributed by atoms with Crippen LogP contribution in [0.15, 0.2) is 24.3 Å². The number of hydrogen-bond donors (Lipinski definition) is 2. The summed E-state index contributed by atoms with van der Waals surface area (Å²) in [6.45, 7) is 4.77. The number of aliphatic hydroxyl groups excluding tert-OH is 1. The van der Waals surface area contributed by atoms with Gasteiger partial charge in [0.2, 0.25) is 0 Å². The lowest BCUT2D eigenvalue weighted by Crippen LogP contribution is -2.23. The third-order valence-electron chi connectivity index (χ3n) is 2.73. The van der Waals surface area contributed by atoms with Gasteiger partial charge in [0, 0.05) is 10.9 Å². The van der Waals surface area contributed by atoms with E-state index >= 15 is 0 Å². The third kappa shape index (κ3) is 3.78. The fraction of sp³-hybridized carbons (Fsp3) is 0.538. The van der Waals surface area contributed by atoms with Gasteiger partial charge in [-0.2, -0.15) is 0 Å². The highest BCUT2D eigenvalue weighted by Crippen LogP contribution is 2.27. The molecule has 1 aromatic carbocycles. The molecule has 2 nitrogen and oxygen atoms in total. The maximum absolute atomic E-state index is 10.2. The number of halogens is 1. The van der Waals surface area contributed by atoms with Crippen molar-refractivity contribution in [3.8, 4) is 0 Å². The summed E-state index contributed by atoms with van der Waals surface area (Å²) < 4.78 is 0. The molecule has 0 heterocycles. The second kappa shape index (κ2) is 6.24. The largest absolute Gasteiger partial charge is 0.388 e. The fourth-order valence-electron chi connectivity index (χ4n) is 1.89. The van der Waals surface area contributed by atoms with E-state index in [-0.39, 0.29) is 5.92 Å². The number of nitrogens with two attached hydrogens (primary N) is 1. The zero-order valence-corrected chi connectivity index (χ0v) is 10.6. The highest BCUT2D eigenvalue weighted by atomic mass is 35.5. The Morgan fingerprint density at radius 1 is 1.25 bits per heavy atom. The minimum Gasteiger partial charge on any atom is -0.388 e. The van der Waals surface area contributed by atoms with Crippen LogP contribution in [0.25, 0.3) is 0 Å². The Balaban J connectivity index is 2.74. The van der Waals surface area contributed by atoms with Crippen molar-refractivity contribution < 1.29 is 5.11 Å². The molecule has 3 heteroatoms. The van der Waals surface area contributed by atoms with Crippen LogP contribution in [0.4, 0.5) is 0 Å². The van der Waals surface area contributed by atoms with Crippen molar-refractivity contribution in [2.45, 2.75) is 26.4 Å². The second-order valence-electron chi connectivity index (χ2n) is 4.62. The number of benzene rings is 1. The van der Waals surface area contributed by atoms with Crippen LogP contribution >= 0.6 is 11.6 Å². The van der Waals surface area contributed by atoms with Crippen molar-refractivity contribution in [3.63, 3.8) is 0 Å². The zero-order valence-electron chi connectivity index (χ0n) is 9.86. The molecule has 0 aliphatic carbocycles. The molecule has 0 radical (unpaired) electrons. The van der Waals surface area contributed by atoms with Crippen LogP contribution in [-0.2, 0) is 0 Å². The molecule has 0 aliphatic heterocycles. The molecular formula is C13H20ClNO. The number of rotatable bonds is 5. The van der Waals surface area contributed by atoms with E-state index in [1.807, 2.05) is 12.1 Å². The van der Waals surface area contributed by atoms with Gasteiger partial charge in [0.25, 0.3) is 0 Å². The van der Waals surface area contributed by atoms with E-state index in [2.05, 4.69) is 13.8 Å². The first-order valence-electron chi connectivity index (χ1n) is 5.68. The van der Waals surface area contributed by atoms with Crippen LogP contribution in [-0.4, -0.2) is 11.7 Å². The highest BCUT2D eigenvalue weighted by molar-refractivity contribution is 6.30. The minimum absolute atomic E-state index is 0.112. The molecule has 0 saturated heterocycles. The van der Waals surface area contributed by atoms with E-state index in [9.17, 15) is 5.11 Å². The minimum atomic E-state index is -0.496. The number of aliphatic hydroxyl groups is 1. The van der Waals surface area contributed by atoms with E-state index in [0.29, 0.717) is 17.5 Å². The van der Waals surface area contributed by atoms with Crippen LogP contribution in [0.1, 0.15) is 31.9 Å². The molecule has 1 rings (SSSR count). The van der Waals surface area contributed by atoms with Crippen LogP contribution in [0.2, 0.25) is 5.02 Å². The van der Waals surface area contributed by atoms with Crippen LogP contribution in [0.3, 0.4) is 0 Å². The molecule has 0 amide bonds. The van der Waals surface area contributed by atoms with Gasteiger partial charge in [-0.25, -0.2) is 0 Å². The topological polar surface area (TPSA) is 46.2 Å². The van der Waals surface area contributed by atoms with Crippen molar-refractivity contribution in [1.29, 1.82) is 0 Å². The normalized spacial score (nSPS) is 15.1. The van der Waals surface area contributed by atoms with Gasteiger partial charge in [0.1, 0.15) is 0 Å². The van der Waals surface area contributed by atoms with Crippen molar-refractivity contribution >= 4 is 11.6 Å². The Labute approximate surface area is 102 Å². The van der Waals surface area contributed by atoms with E-state index in [1.165, 1.54) is 0 Å². The Hall–Kier alpha value is -0.570. The molecule has 0 aromatic heterocycles. The monoisotopic (exact) mass is 241 g/mol. The average molecular weight is 242 g/mol. The molecule has 1 aromatic rings. The van der Waals surface area contributed by atoms with Crippen molar-refractivity contribution in [3.05, 3.63) is 34.9 Å². The third-order valence-corrected chi connectivity index (χ3v) is 2.99. The molecule has 2 atom stereocenters. The summed E-state index contributed by atoms with van der Waals surface area (Å²) in [4.78, 5) is 0. The molecule has 0 fully saturated rings. The SMILES string of the molecule is CC(C)CC(CN)C(O)c1ccc(Cl)cc1. The van der Waals surface area contributed by atoms with Crippen LogP contribution in [0, 0.1) is 11.8 Å². The van der Waals surface area contributed by atoms with Gasteiger partial charge in [-0.05, 0) is 36.6 Å². The smallest absolute Gasteiger partial charge is 0.0830 e. The Morgan fingerprint density at radius 2 is 1.81 bits per heavy atom. The van der Waals surface area contributed by atoms with Gasteiger partial charge in [-0.15, -0.1) is 0 Å². The second-order valence-corrected chi connectivity index (χ2v) is 5.06. The lowest BCUT2D eigenvalue weighted by atomic mass is 9.88. The molecule has 0 bridgehead atoms. The molecule has 90 valence electrons. The van der Waals surface area contributed by atoms with E-state index in [4.69, 9.17) is 17.3 Å². The summed E-state index contributed by atoms with van der Waals surface area (Å²) in [5.41, 5.74) is 6.59. The summed E-state index contributed by atoms with van der Waals surface area (Å²) >= 11 is 5.81. The van der Waals surface area contributed by atoms with Gasteiger partial charge >= 0.3 is 0 Å². The lowest BCUT2D eigenvalue weighted by molar-refractivity contribution is 0.0995. The van der Waals surface area contributed by atoms with Crippen molar-refractivity contribution in [2.75, 3.05) is 6.54 Å².